The molecule has 2 N–H and O–H groups in total. The number of hydrogen-bond acceptors (Lipinski definition) is 2. The van der Waals surface area contributed by atoms with Gasteiger partial charge in [0.2, 0.25) is 5.91 Å². The minimum absolute atomic E-state index is 0.0939. The molecule has 0 aliphatic heterocycles. The summed E-state index contributed by atoms with van der Waals surface area (Å²) in [7, 11) is 0. The van der Waals surface area contributed by atoms with Crippen molar-refractivity contribution in [2.45, 2.75) is 0 Å². The first-order valence-electron chi connectivity index (χ1n) is 7.45. The Morgan fingerprint density at radius 2 is 1.58 bits per heavy atom. The maximum absolute atomic E-state index is 12.1. The van der Waals surface area contributed by atoms with Crippen molar-refractivity contribution in [3.05, 3.63) is 76.8 Å². The summed E-state index contributed by atoms with van der Waals surface area (Å²) in [5.74, 6) is -0.567. The molecule has 0 aliphatic rings. The number of halogens is 1. The second kappa shape index (κ2) is 7.27. The van der Waals surface area contributed by atoms with Crippen LogP contribution in [0.25, 0.3) is 10.8 Å². The lowest BCUT2D eigenvalue weighted by atomic mass is 10.1. The van der Waals surface area contributed by atoms with Gasteiger partial charge in [0.25, 0.3) is 5.91 Å². The molecule has 120 valence electrons. The molecule has 0 bridgehead atoms. The molecule has 24 heavy (non-hydrogen) atoms. The molecule has 0 aliphatic carbocycles. The monoisotopic (exact) mass is 382 g/mol. The van der Waals surface area contributed by atoms with E-state index in [0.29, 0.717) is 10.0 Å². The Morgan fingerprint density at radius 1 is 0.875 bits per heavy atom. The lowest BCUT2D eigenvalue weighted by Gasteiger charge is -2.10. The van der Waals surface area contributed by atoms with Crippen LogP contribution < -0.4 is 10.6 Å². The quantitative estimate of drug-likeness (QED) is 0.716. The highest BCUT2D eigenvalue weighted by Crippen LogP contribution is 2.22. The minimum Gasteiger partial charge on any atom is -0.343 e. The summed E-state index contributed by atoms with van der Waals surface area (Å²) in [5, 5.41) is 7.48. The molecule has 3 aromatic rings. The van der Waals surface area contributed by atoms with Gasteiger partial charge in [0.05, 0.1) is 12.1 Å². The topological polar surface area (TPSA) is 58.2 Å². The third kappa shape index (κ3) is 3.63. The van der Waals surface area contributed by atoms with E-state index in [1.165, 1.54) is 0 Å². The number of carbonyl (C=O) groups is 2. The number of hydrogen-bond donors (Lipinski definition) is 2. The minimum atomic E-state index is -0.296. The average molecular weight is 383 g/mol. The van der Waals surface area contributed by atoms with Crippen molar-refractivity contribution in [2.75, 3.05) is 11.9 Å². The Bertz CT molecular complexity index is 903. The molecule has 0 saturated carbocycles. The molecule has 5 heteroatoms. The zero-order valence-corrected chi connectivity index (χ0v) is 14.3. The Labute approximate surface area is 148 Å². The Morgan fingerprint density at radius 3 is 2.42 bits per heavy atom. The fourth-order valence-electron chi connectivity index (χ4n) is 2.43. The van der Waals surface area contributed by atoms with Crippen LogP contribution in [0, 0.1) is 0 Å². The third-order valence-corrected chi connectivity index (χ3v) is 4.28. The van der Waals surface area contributed by atoms with Gasteiger partial charge in [-0.1, -0.05) is 48.5 Å². The Kier molecular flexibility index (Phi) is 4.91. The lowest BCUT2D eigenvalue weighted by Crippen LogP contribution is -2.33. The molecule has 3 aromatic carbocycles. The number of carbonyl (C=O) groups excluding carboxylic acids is 2. The van der Waals surface area contributed by atoms with Gasteiger partial charge in [-0.25, -0.2) is 0 Å². The third-order valence-electron chi connectivity index (χ3n) is 3.59. The van der Waals surface area contributed by atoms with E-state index >= 15 is 0 Å². The first-order valence-corrected chi connectivity index (χ1v) is 8.25. The van der Waals surface area contributed by atoms with Gasteiger partial charge < -0.3 is 10.6 Å². The van der Waals surface area contributed by atoms with E-state index in [2.05, 4.69) is 26.6 Å². The van der Waals surface area contributed by atoms with Crippen molar-refractivity contribution in [3.8, 4) is 0 Å². The van der Waals surface area contributed by atoms with Gasteiger partial charge >= 0.3 is 0 Å². The van der Waals surface area contributed by atoms with Crippen molar-refractivity contribution in [3.63, 3.8) is 0 Å². The fraction of sp³-hybridized carbons (Fsp3) is 0.0526. The van der Waals surface area contributed by atoms with Crippen LogP contribution in [0.3, 0.4) is 0 Å². The summed E-state index contributed by atoms with van der Waals surface area (Å²) >= 11 is 3.32. The van der Waals surface area contributed by atoms with Crippen molar-refractivity contribution < 1.29 is 9.59 Å². The van der Waals surface area contributed by atoms with Crippen LogP contribution in [0.4, 0.5) is 5.69 Å². The SMILES string of the molecule is O=C(CNC(=O)c1ccccc1Br)Nc1cccc2ccccc12. The standard InChI is InChI=1S/C19H15BrN2O2/c20-16-10-4-3-9-15(16)19(24)21-12-18(23)22-17-11-5-7-13-6-1-2-8-14(13)17/h1-11H,12H2,(H,21,24)(H,22,23). The molecule has 4 nitrogen and oxygen atoms in total. The molecular formula is C19H15BrN2O2. The van der Waals surface area contributed by atoms with E-state index in [1.807, 2.05) is 48.5 Å². The highest BCUT2D eigenvalue weighted by molar-refractivity contribution is 9.10. The smallest absolute Gasteiger partial charge is 0.252 e. The molecule has 0 saturated heterocycles. The largest absolute Gasteiger partial charge is 0.343 e. The second-order valence-corrected chi connectivity index (χ2v) is 6.09. The molecule has 2 amide bonds. The van der Waals surface area contributed by atoms with E-state index in [9.17, 15) is 9.59 Å². The normalized spacial score (nSPS) is 10.4. The molecule has 0 heterocycles. The summed E-state index contributed by atoms with van der Waals surface area (Å²) in [6.07, 6.45) is 0. The van der Waals surface area contributed by atoms with Gasteiger partial charge in [0.1, 0.15) is 0 Å². The van der Waals surface area contributed by atoms with Crippen LogP contribution >= 0.6 is 15.9 Å². The molecule has 3 rings (SSSR count). The summed E-state index contributed by atoms with van der Waals surface area (Å²) < 4.78 is 0.692. The number of nitrogens with one attached hydrogen (secondary N) is 2. The Hall–Kier alpha value is -2.66. The molecule has 0 unspecified atom stereocenters. The van der Waals surface area contributed by atoms with Gasteiger partial charge in [-0.2, -0.15) is 0 Å². The molecule has 0 spiro atoms. The summed E-state index contributed by atoms with van der Waals surface area (Å²) in [5.41, 5.74) is 1.23. The summed E-state index contributed by atoms with van der Waals surface area (Å²) in [6, 6.07) is 20.6. The number of anilines is 1. The van der Waals surface area contributed by atoms with Gasteiger partial charge in [0, 0.05) is 15.5 Å². The first kappa shape index (κ1) is 16.2. The molecular weight excluding hydrogens is 368 g/mol. The van der Waals surface area contributed by atoms with E-state index < -0.39 is 0 Å². The molecule has 0 radical (unpaired) electrons. The van der Waals surface area contributed by atoms with E-state index in [-0.39, 0.29) is 18.4 Å². The summed E-state index contributed by atoms with van der Waals surface area (Å²) in [4.78, 5) is 24.3. The van der Waals surface area contributed by atoms with E-state index in [4.69, 9.17) is 0 Å². The van der Waals surface area contributed by atoms with Crippen LogP contribution in [-0.4, -0.2) is 18.4 Å². The molecule has 0 aromatic heterocycles. The predicted octanol–water partition coefficient (Wildman–Crippen LogP) is 3.97. The maximum Gasteiger partial charge on any atom is 0.252 e. The van der Waals surface area contributed by atoms with Crippen LogP contribution in [0.2, 0.25) is 0 Å². The first-order chi connectivity index (χ1) is 11.6. The van der Waals surface area contributed by atoms with E-state index in [1.54, 1.807) is 18.2 Å². The van der Waals surface area contributed by atoms with Gasteiger partial charge in [0.15, 0.2) is 0 Å². The van der Waals surface area contributed by atoms with Gasteiger partial charge in [-0.3, -0.25) is 9.59 Å². The van der Waals surface area contributed by atoms with Crippen LogP contribution in [-0.2, 0) is 4.79 Å². The van der Waals surface area contributed by atoms with Crippen molar-refractivity contribution >= 4 is 44.2 Å². The lowest BCUT2D eigenvalue weighted by molar-refractivity contribution is -0.115. The van der Waals surface area contributed by atoms with Crippen LogP contribution in [0.5, 0.6) is 0 Å². The number of fused-ring (bicyclic) bond motifs is 1. The van der Waals surface area contributed by atoms with Crippen molar-refractivity contribution in [1.82, 2.24) is 5.32 Å². The highest BCUT2D eigenvalue weighted by Gasteiger charge is 2.11. The fourth-order valence-corrected chi connectivity index (χ4v) is 2.89. The number of amides is 2. The highest BCUT2D eigenvalue weighted by atomic mass is 79.9. The second-order valence-electron chi connectivity index (χ2n) is 5.24. The predicted molar refractivity (Wildman–Crippen MR) is 99.1 cm³/mol. The van der Waals surface area contributed by atoms with Crippen molar-refractivity contribution in [2.24, 2.45) is 0 Å². The van der Waals surface area contributed by atoms with Crippen LogP contribution in [0.15, 0.2) is 71.2 Å². The maximum atomic E-state index is 12.1. The zero-order valence-electron chi connectivity index (χ0n) is 12.8. The van der Waals surface area contributed by atoms with E-state index in [0.717, 1.165) is 16.5 Å². The number of benzene rings is 3. The van der Waals surface area contributed by atoms with Gasteiger partial charge in [-0.15, -0.1) is 0 Å². The summed E-state index contributed by atoms with van der Waals surface area (Å²) in [6.45, 7) is -0.0939. The Balaban J connectivity index is 1.66. The van der Waals surface area contributed by atoms with Crippen LogP contribution in [0.1, 0.15) is 10.4 Å². The number of rotatable bonds is 4. The zero-order chi connectivity index (χ0) is 16.9. The van der Waals surface area contributed by atoms with Crippen molar-refractivity contribution in [1.29, 1.82) is 0 Å². The molecule has 0 fully saturated rings. The van der Waals surface area contributed by atoms with Gasteiger partial charge in [-0.05, 0) is 39.5 Å². The average Bonchev–Trinajstić information content (AvgIpc) is 2.60. The molecule has 0 atom stereocenters.